The number of amides is 1. The van der Waals surface area contributed by atoms with Crippen LogP contribution in [0.15, 0.2) is 18.2 Å². The summed E-state index contributed by atoms with van der Waals surface area (Å²) < 4.78 is 0. The van der Waals surface area contributed by atoms with Gasteiger partial charge in [0.15, 0.2) is 0 Å². The normalized spacial score (nSPS) is 12.2. The molecule has 18 heavy (non-hydrogen) atoms. The Morgan fingerprint density at radius 2 is 1.89 bits per heavy atom. The zero-order valence-electron chi connectivity index (χ0n) is 10.2. The molecular weight excluding hydrogens is 293 g/mol. The lowest BCUT2D eigenvalue weighted by molar-refractivity contribution is 0.0946. The van der Waals surface area contributed by atoms with E-state index >= 15 is 0 Å². The first-order valence-electron chi connectivity index (χ1n) is 5.87. The summed E-state index contributed by atoms with van der Waals surface area (Å²) in [6, 6.07) is 4.80. The second kappa shape index (κ2) is 7.88. The molecule has 0 fully saturated rings. The molecule has 2 nitrogen and oxygen atoms in total. The van der Waals surface area contributed by atoms with Crippen molar-refractivity contribution in [2.75, 3.05) is 12.4 Å². The summed E-state index contributed by atoms with van der Waals surface area (Å²) in [6.07, 6.45) is 1.89. The third kappa shape index (κ3) is 5.05. The number of carbonyl (C=O) groups excluding carboxylic acids is 1. The van der Waals surface area contributed by atoms with Crippen molar-refractivity contribution in [3.63, 3.8) is 0 Å². The van der Waals surface area contributed by atoms with Crippen molar-refractivity contribution in [2.45, 2.75) is 19.8 Å². The molecule has 0 spiro atoms. The Morgan fingerprint density at radius 1 is 1.28 bits per heavy atom. The van der Waals surface area contributed by atoms with Crippen LogP contribution in [-0.4, -0.2) is 18.3 Å². The molecule has 5 heteroatoms. The number of nitrogens with one attached hydrogen (secondary N) is 1. The van der Waals surface area contributed by atoms with Gasteiger partial charge in [0.1, 0.15) is 0 Å². The van der Waals surface area contributed by atoms with Gasteiger partial charge in [0, 0.05) is 28.0 Å². The fourth-order valence-electron chi connectivity index (χ4n) is 1.63. The van der Waals surface area contributed by atoms with Gasteiger partial charge in [-0.2, -0.15) is 0 Å². The van der Waals surface area contributed by atoms with E-state index in [1.807, 2.05) is 0 Å². The molecule has 0 radical (unpaired) electrons. The maximum absolute atomic E-state index is 11.9. The Labute approximate surface area is 123 Å². The topological polar surface area (TPSA) is 29.1 Å². The minimum atomic E-state index is -0.160. The average molecular weight is 309 g/mol. The van der Waals surface area contributed by atoms with E-state index < -0.39 is 0 Å². The van der Waals surface area contributed by atoms with Crippen molar-refractivity contribution in [3.8, 4) is 0 Å². The summed E-state index contributed by atoms with van der Waals surface area (Å²) >= 11 is 17.4. The van der Waals surface area contributed by atoms with Crippen LogP contribution in [0.1, 0.15) is 30.1 Å². The first-order chi connectivity index (χ1) is 8.56. The largest absolute Gasteiger partial charge is 0.352 e. The summed E-state index contributed by atoms with van der Waals surface area (Å²) in [5.41, 5.74) is 0.480. The van der Waals surface area contributed by atoms with Crippen LogP contribution in [0, 0.1) is 5.92 Å². The highest BCUT2D eigenvalue weighted by Gasteiger charge is 2.11. The lowest BCUT2D eigenvalue weighted by Crippen LogP contribution is -2.29. The molecule has 1 amide bonds. The molecular formula is C13H16Cl3NO. The number of carbonyl (C=O) groups is 1. The van der Waals surface area contributed by atoms with Gasteiger partial charge in [-0.1, -0.05) is 36.5 Å². The monoisotopic (exact) mass is 307 g/mol. The molecule has 0 aliphatic heterocycles. The van der Waals surface area contributed by atoms with E-state index in [4.69, 9.17) is 34.8 Å². The van der Waals surface area contributed by atoms with E-state index in [0.29, 0.717) is 34.0 Å². The lowest BCUT2D eigenvalue weighted by Gasteiger charge is -2.14. The fourth-order valence-corrected chi connectivity index (χ4v) is 2.46. The van der Waals surface area contributed by atoms with E-state index in [9.17, 15) is 4.79 Å². The number of hydrogen-bond acceptors (Lipinski definition) is 1. The van der Waals surface area contributed by atoms with E-state index in [1.165, 1.54) is 0 Å². The van der Waals surface area contributed by atoms with Crippen LogP contribution >= 0.6 is 34.8 Å². The number of halogens is 3. The molecule has 1 atom stereocenters. The lowest BCUT2D eigenvalue weighted by atomic mass is 10.0. The Balaban J connectivity index is 2.59. The number of alkyl halides is 1. The van der Waals surface area contributed by atoms with Crippen LogP contribution in [0.25, 0.3) is 0 Å². The van der Waals surface area contributed by atoms with Crippen molar-refractivity contribution < 1.29 is 4.79 Å². The van der Waals surface area contributed by atoms with Gasteiger partial charge in [0.25, 0.3) is 5.91 Å². The van der Waals surface area contributed by atoms with Gasteiger partial charge in [-0.15, -0.1) is 11.6 Å². The summed E-state index contributed by atoms with van der Waals surface area (Å²) in [6.45, 7) is 2.70. The standard InChI is InChI=1S/C13H16Cl3NO/c1-2-9(3-4-14)8-17-13(18)10-5-11(15)7-12(16)6-10/h5-7,9H,2-4,8H2,1H3,(H,17,18). The molecule has 0 bridgehead atoms. The Bertz CT molecular complexity index is 389. The van der Waals surface area contributed by atoms with Crippen LogP contribution in [0.5, 0.6) is 0 Å². The highest BCUT2D eigenvalue weighted by molar-refractivity contribution is 6.35. The Morgan fingerprint density at radius 3 is 2.39 bits per heavy atom. The molecule has 1 rings (SSSR count). The van der Waals surface area contributed by atoms with Gasteiger partial charge in [-0.3, -0.25) is 4.79 Å². The second-order valence-electron chi connectivity index (χ2n) is 4.12. The maximum atomic E-state index is 11.9. The zero-order valence-corrected chi connectivity index (χ0v) is 12.4. The molecule has 0 saturated carbocycles. The highest BCUT2D eigenvalue weighted by Crippen LogP contribution is 2.19. The third-order valence-corrected chi connectivity index (χ3v) is 3.43. The maximum Gasteiger partial charge on any atom is 0.251 e. The van der Waals surface area contributed by atoms with Gasteiger partial charge >= 0.3 is 0 Å². The van der Waals surface area contributed by atoms with E-state index in [-0.39, 0.29) is 5.91 Å². The first-order valence-corrected chi connectivity index (χ1v) is 7.16. The Hall–Kier alpha value is -0.440. The summed E-state index contributed by atoms with van der Waals surface area (Å²) in [5, 5.41) is 3.79. The minimum absolute atomic E-state index is 0.160. The predicted octanol–water partition coefficient (Wildman–Crippen LogP) is 4.38. The first kappa shape index (κ1) is 15.6. The van der Waals surface area contributed by atoms with Crippen LogP contribution in [0.4, 0.5) is 0 Å². The van der Waals surface area contributed by atoms with E-state index in [2.05, 4.69) is 12.2 Å². The van der Waals surface area contributed by atoms with Gasteiger partial charge in [-0.25, -0.2) is 0 Å². The smallest absolute Gasteiger partial charge is 0.251 e. The van der Waals surface area contributed by atoms with Crippen LogP contribution in [0.3, 0.4) is 0 Å². The van der Waals surface area contributed by atoms with E-state index in [0.717, 1.165) is 12.8 Å². The highest BCUT2D eigenvalue weighted by atomic mass is 35.5. The zero-order chi connectivity index (χ0) is 13.5. The number of rotatable bonds is 6. The molecule has 0 aliphatic rings. The molecule has 1 aromatic rings. The molecule has 1 unspecified atom stereocenters. The van der Waals surface area contributed by atoms with Crippen molar-refractivity contribution >= 4 is 40.7 Å². The van der Waals surface area contributed by atoms with Crippen molar-refractivity contribution in [1.29, 1.82) is 0 Å². The Kier molecular flexibility index (Phi) is 6.83. The number of hydrogen-bond donors (Lipinski definition) is 1. The predicted molar refractivity (Wildman–Crippen MR) is 77.9 cm³/mol. The number of benzene rings is 1. The molecule has 0 aliphatic carbocycles. The average Bonchev–Trinajstić information content (AvgIpc) is 2.32. The van der Waals surface area contributed by atoms with Crippen molar-refractivity contribution in [2.24, 2.45) is 5.92 Å². The molecule has 1 aromatic carbocycles. The SMILES string of the molecule is CCC(CCCl)CNC(=O)c1cc(Cl)cc(Cl)c1. The third-order valence-electron chi connectivity index (χ3n) is 2.77. The second-order valence-corrected chi connectivity index (χ2v) is 5.37. The summed E-state index contributed by atoms with van der Waals surface area (Å²) in [5.74, 6) is 0.853. The van der Waals surface area contributed by atoms with Crippen molar-refractivity contribution in [1.82, 2.24) is 5.32 Å². The fraction of sp³-hybridized carbons (Fsp3) is 0.462. The molecule has 0 aromatic heterocycles. The molecule has 0 heterocycles. The van der Waals surface area contributed by atoms with Gasteiger partial charge in [0.2, 0.25) is 0 Å². The van der Waals surface area contributed by atoms with Gasteiger partial charge < -0.3 is 5.32 Å². The van der Waals surface area contributed by atoms with Crippen LogP contribution in [0.2, 0.25) is 10.0 Å². The minimum Gasteiger partial charge on any atom is -0.352 e. The molecule has 0 saturated heterocycles. The summed E-state index contributed by atoms with van der Waals surface area (Å²) in [7, 11) is 0. The molecule has 1 N–H and O–H groups in total. The van der Waals surface area contributed by atoms with Gasteiger partial charge in [0.05, 0.1) is 0 Å². The van der Waals surface area contributed by atoms with Crippen LogP contribution in [-0.2, 0) is 0 Å². The van der Waals surface area contributed by atoms with Crippen molar-refractivity contribution in [3.05, 3.63) is 33.8 Å². The quantitative estimate of drug-likeness (QED) is 0.776. The van der Waals surface area contributed by atoms with E-state index in [1.54, 1.807) is 18.2 Å². The van der Waals surface area contributed by atoms with Gasteiger partial charge in [-0.05, 0) is 30.5 Å². The van der Waals surface area contributed by atoms with Crippen LogP contribution < -0.4 is 5.32 Å². The molecule has 100 valence electrons. The summed E-state index contributed by atoms with van der Waals surface area (Å²) in [4.78, 5) is 11.9.